The number of non-ortho nitro benzene ring substituents is 1. The Hall–Kier alpha value is -1.43. The van der Waals surface area contributed by atoms with Gasteiger partial charge in [0, 0.05) is 12.1 Å². The van der Waals surface area contributed by atoms with Crippen LogP contribution in [0.15, 0.2) is 24.3 Å². The summed E-state index contributed by atoms with van der Waals surface area (Å²) < 4.78 is 0. The molecule has 80 valence electrons. The van der Waals surface area contributed by atoms with Crippen LogP contribution < -0.4 is 0 Å². The topological polar surface area (TPSA) is 80.4 Å². The molecular formula is C9H8BrNO4. The third-order valence-corrected chi connectivity index (χ3v) is 2.55. The molecule has 1 atom stereocenters. The Kier molecular flexibility index (Phi) is 3.79. The van der Waals surface area contributed by atoms with Crippen LogP contribution in [0.3, 0.4) is 0 Å². The number of halogens is 1. The van der Waals surface area contributed by atoms with Gasteiger partial charge in [-0.3, -0.25) is 14.9 Å². The van der Waals surface area contributed by atoms with Gasteiger partial charge in [-0.05, 0) is 12.0 Å². The lowest BCUT2D eigenvalue weighted by molar-refractivity contribution is -0.384. The summed E-state index contributed by atoms with van der Waals surface area (Å²) in [5, 5.41) is 19.0. The molecule has 0 heterocycles. The SMILES string of the molecule is O=C(O)C(Br)Cc1ccc([N+](=O)[O-])cc1. The van der Waals surface area contributed by atoms with Crippen molar-refractivity contribution in [3.8, 4) is 0 Å². The molecule has 6 heteroatoms. The highest BCUT2D eigenvalue weighted by molar-refractivity contribution is 9.10. The third kappa shape index (κ3) is 3.32. The van der Waals surface area contributed by atoms with E-state index in [1.165, 1.54) is 12.1 Å². The zero-order valence-corrected chi connectivity index (χ0v) is 9.18. The number of nitrogens with zero attached hydrogens (tertiary/aromatic N) is 1. The summed E-state index contributed by atoms with van der Waals surface area (Å²) in [4.78, 5) is 19.7. The van der Waals surface area contributed by atoms with E-state index >= 15 is 0 Å². The number of carbonyl (C=O) groups is 1. The number of rotatable bonds is 4. The minimum atomic E-state index is -0.951. The standard InChI is InChI=1S/C9H8BrNO4/c10-8(9(12)13)5-6-1-3-7(4-2-6)11(14)15/h1-4,8H,5H2,(H,12,13). The maximum absolute atomic E-state index is 10.5. The van der Waals surface area contributed by atoms with Crippen LogP contribution in [0, 0.1) is 10.1 Å². The number of hydrogen-bond acceptors (Lipinski definition) is 3. The number of alkyl halides is 1. The van der Waals surface area contributed by atoms with Gasteiger partial charge < -0.3 is 5.11 Å². The second kappa shape index (κ2) is 4.88. The molecule has 0 spiro atoms. The van der Waals surface area contributed by atoms with Crippen LogP contribution in [0.25, 0.3) is 0 Å². The molecule has 1 unspecified atom stereocenters. The summed E-state index contributed by atoms with van der Waals surface area (Å²) in [5.74, 6) is -0.951. The van der Waals surface area contributed by atoms with Gasteiger partial charge in [0.25, 0.3) is 5.69 Å². The fourth-order valence-corrected chi connectivity index (χ4v) is 1.42. The van der Waals surface area contributed by atoms with Crippen molar-refractivity contribution < 1.29 is 14.8 Å². The summed E-state index contributed by atoms with van der Waals surface area (Å²) in [7, 11) is 0. The predicted octanol–water partition coefficient (Wildman–Crippen LogP) is 1.99. The van der Waals surface area contributed by atoms with Gasteiger partial charge in [0.15, 0.2) is 0 Å². The van der Waals surface area contributed by atoms with Crippen LogP contribution >= 0.6 is 15.9 Å². The third-order valence-electron chi connectivity index (χ3n) is 1.83. The molecule has 5 nitrogen and oxygen atoms in total. The molecule has 1 aromatic carbocycles. The number of hydrogen-bond donors (Lipinski definition) is 1. The van der Waals surface area contributed by atoms with E-state index in [0.717, 1.165) is 5.56 Å². The quantitative estimate of drug-likeness (QED) is 0.517. The highest BCUT2D eigenvalue weighted by Crippen LogP contribution is 2.15. The average molecular weight is 274 g/mol. The number of nitro groups is 1. The van der Waals surface area contributed by atoms with Gasteiger partial charge in [0.05, 0.1) is 4.92 Å². The van der Waals surface area contributed by atoms with E-state index in [2.05, 4.69) is 15.9 Å². The molecule has 15 heavy (non-hydrogen) atoms. The molecule has 0 bridgehead atoms. The van der Waals surface area contributed by atoms with Crippen LogP contribution in [0.4, 0.5) is 5.69 Å². The van der Waals surface area contributed by atoms with E-state index in [9.17, 15) is 14.9 Å². The average Bonchev–Trinajstić information content (AvgIpc) is 2.18. The summed E-state index contributed by atoms with van der Waals surface area (Å²) >= 11 is 2.99. The maximum Gasteiger partial charge on any atom is 0.317 e. The lowest BCUT2D eigenvalue weighted by Gasteiger charge is -2.03. The zero-order chi connectivity index (χ0) is 11.4. The molecule has 0 fully saturated rings. The van der Waals surface area contributed by atoms with E-state index in [0.29, 0.717) is 6.42 Å². The number of aliphatic carboxylic acids is 1. The largest absolute Gasteiger partial charge is 0.480 e. The Balaban J connectivity index is 2.72. The molecule has 1 N–H and O–H groups in total. The Morgan fingerprint density at radius 2 is 2.00 bits per heavy atom. The minimum Gasteiger partial charge on any atom is -0.480 e. The van der Waals surface area contributed by atoms with Crippen molar-refractivity contribution in [3.05, 3.63) is 39.9 Å². The molecule has 0 saturated carbocycles. The van der Waals surface area contributed by atoms with Crippen molar-refractivity contribution in [2.24, 2.45) is 0 Å². The molecule has 0 aliphatic heterocycles. The van der Waals surface area contributed by atoms with Gasteiger partial charge in [-0.15, -0.1) is 0 Å². The van der Waals surface area contributed by atoms with Crippen LogP contribution in [-0.4, -0.2) is 20.8 Å². The first kappa shape index (κ1) is 11.6. The van der Waals surface area contributed by atoms with E-state index in [1.54, 1.807) is 12.1 Å². The Bertz CT molecular complexity index is 376. The number of carboxylic acid groups (broad SMARTS) is 1. The van der Waals surface area contributed by atoms with Gasteiger partial charge in [0.1, 0.15) is 4.83 Å². The second-order valence-electron chi connectivity index (χ2n) is 2.93. The predicted molar refractivity (Wildman–Crippen MR) is 57.2 cm³/mol. The summed E-state index contributed by atoms with van der Waals surface area (Å²) in [6, 6.07) is 5.82. The monoisotopic (exact) mass is 273 g/mol. The van der Waals surface area contributed by atoms with E-state index in [-0.39, 0.29) is 5.69 Å². The fraction of sp³-hybridized carbons (Fsp3) is 0.222. The molecule has 1 rings (SSSR count). The van der Waals surface area contributed by atoms with Crippen LogP contribution in [0.5, 0.6) is 0 Å². The lowest BCUT2D eigenvalue weighted by Crippen LogP contribution is -2.15. The van der Waals surface area contributed by atoms with Gasteiger partial charge >= 0.3 is 5.97 Å². The number of nitro benzene ring substituents is 1. The summed E-state index contributed by atoms with van der Waals surface area (Å²) in [6.45, 7) is 0. The first-order valence-electron chi connectivity index (χ1n) is 4.11. The maximum atomic E-state index is 10.5. The molecule has 1 aromatic rings. The van der Waals surface area contributed by atoms with Crippen LogP contribution in [0.1, 0.15) is 5.56 Å². The minimum absolute atomic E-state index is 0.000183. The molecule has 0 aromatic heterocycles. The van der Waals surface area contributed by atoms with E-state index in [4.69, 9.17) is 5.11 Å². The Labute approximate surface area is 94.0 Å². The van der Waals surface area contributed by atoms with Gasteiger partial charge in [-0.1, -0.05) is 28.1 Å². The lowest BCUT2D eigenvalue weighted by atomic mass is 10.1. The van der Waals surface area contributed by atoms with Crippen LogP contribution in [0.2, 0.25) is 0 Å². The smallest absolute Gasteiger partial charge is 0.317 e. The van der Waals surface area contributed by atoms with Gasteiger partial charge in [-0.25, -0.2) is 0 Å². The van der Waals surface area contributed by atoms with Crippen molar-refractivity contribution in [2.75, 3.05) is 0 Å². The molecule has 0 aliphatic carbocycles. The van der Waals surface area contributed by atoms with Crippen molar-refractivity contribution >= 4 is 27.6 Å². The van der Waals surface area contributed by atoms with E-state index in [1.807, 2.05) is 0 Å². The Morgan fingerprint density at radius 1 is 1.47 bits per heavy atom. The highest BCUT2D eigenvalue weighted by atomic mass is 79.9. The first-order valence-corrected chi connectivity index (χ1v) is 5.02. The number of benzene rings is 1. The van der Waals surface area contributed by atoms with Gasteiger partial charge in [0.2, 0.25) is 0 Å². The highest BCUT2D eigenvalue weighted by Gasteiger charge is 2.14. The molecule has 0 saturated heterocycles. The Morgan fingerprint density at radius 3 is 2.40 bits per heavy atom. The molecule has 0 radical (unpaired) electrons. The summed E-state index contributed by atoms with van der Waals surface area (Å²) in [5.41, 5.74) is 0.741. The molecular weight excluding hydrogens is 266 g/mol. The fourth-order valence-electron chi connectivity index (χ4n) is 1.05. The first-order chi connectivity index (χ1) is 7.00. The summed E-state index contributed by atoms with van der Waals surface area (Å²) in [6.07, 6.45) is 0.299. The second-order valence-corrected chi connectivity index (χ2v) is 4.04. The zero-order valence-electron chi connectivity index (χ0n) is 7.59. The van der Waals surface area contributed by atoms with Crippen molar-refractivity contribution in [2.45, 2.75) is 11.2 Å². The van der Waals surface area contributed by atoms with Gasteiger partial charge in [-0.2, -0.15) is 0 Å². The molecule has 0 amide bonds. The normalized spacial score (nSPS) is 12.1. The number of carboxylic acids is 1. The van der Waals surface area contributed by atoms with Crippen LogP contribution in [-0.2, 0) is 11.2 Å². The van der Waals surface area contributed by atoms with Crippen molar-refractivity contribution in [3.63, 3.8) is 0 Å². The molecule has 0 aliphatic rings. The van der Waals surface area contributed by atoms with Crippen molar-refractivity contribution in [1.82, 2.24) is 0 Å². The van der Waals surface area contributed by atoms with Crippen molar-refractivity contribution in [1.29, 1.82) is 0 Å². The van der Waals surface area contributed by atoms with E-state index < -0.39 is 15.7 Å².